The summed E-state index contributed by atoms with van der Waals surface area (Å²) >= 11 is 5.67. The summed E-state index contributed by atoms with van der Waals surface area (Å²) in [7, 11) is 0. The van der Waals surface area contributed by atoms with E-state index < -0.39 is 5.82 Å². The zero-order valence-corrected chi connectivity index (χ0v) is 11.5. The molecule has 0 bridgehead atoms. The fraction of sp³-hybridized carbons (Fsp3) is 0.176. The Labute approximate surface area is 118 Å². The molecule has 0 aromatic heterocycles. The summed E-state index contributed by atoms with van der Waals surface area (Å²) in [4.78, 5) is 0. The molecule has 0 aliphatic rings. The molecule has 96 valence electrons. The van der Waals surface area contributed by atoms with Crippen molar-refractivity contribution in [3.8, 4) is 23.0 Å². The van der Waals surface area contributed by atoms with Gasteiger partial charge in [-0.3, -0.25) is 0 Å². The van der Waals surface area contributed by atoms with Gasteiger partial charge in [0.15, 0.2) is 0 Å². The Hall–Kier alpha value is -1.78. The van der Waals surface area contributed by atoms with Gasteiger partial charge in [-0.05, 0) is 41.8 Å². The summed E-state index contributed by atoms with van der Waals surface area (Å²) in [5, 5.41) is 0.144. The van der Waals surface area contributed by atoms with Crippen LogP contribution in [0.4, 0.5) is 4.39 Å². The third-order valence-electron chi connectivity index (χ3n) is 2.75. The zero-order chi connectivity index (χ0) is 13.7. The van der Waals surface area contributed by atoms with Crippen molar-refractivity contribution in [2.45, 2.75) is 19.8 Å². The molecule has 0 N–H and O–H groups in total. The Bertz CT molecular complexity index is 618. The van der Waals surface area contributed by atoms with Crippen LogP contribution in [0, 0.1) is 17.7 Å². The van der Waals surface area contributed by atoms with Crippen LogP contribution in [0.1, 0.15) is 25.3 Å². The number of rotatable bonds is 2. The average Bonchev–Trinajstić information content (AvgIpc) is 2.43. The molecule has 0 saturated carbocycles. The van der Waals surface area contributed by atoms with Gasteiger partial charge in [0.05, 0.1) is 5.02 Å². The first kappa shape index (κ1) is 13.6. The van der Waals surface area contributed by atoms with Crippen LogP contribution in [0.15, 0.2) is 42.5 Å². The Kier molecular flexibility index (Phi) is 4.60. The lowest BCUT2D eigenvalue weighted by molar-refractivity contribution is 0.629. The van der Waals surface area contributed by atoms with E-state index >= 15 is 0 Å². The standard InChI is InChI=1S/C17H14ClF/c1-2-3-4-5-13-6-8-14(9-7-13)15-10-11-16(18)17(19)12-15/h6-12H,2-3H2,1H3. The minimum atomic E-state index is -0.397. The number of hydrogen-bond donors (Lipinski definition) is 0. The highest BCUT2D eigenvalue weighted by atomic mass is 35.5. The van der Waals surface area contributed by atoms with Crippen molar-refractivity contribution in [3.05, 3.63) is 58.9 Å². The lowest BCUT2D eigenvalue weighted by Gasteiger charge is -2.03. The minimum Gasteiger partial charge on any atom is -0.205 e. The normalized spacial score (nSPS) is 9.84. The van der Waals surface area contributed by atoms with E-state index in [1.54, 1.807) is 6.07 Å². The van der Waals surface area contributed by atoms with E-state index in [4.69, 9.17) is 11.6 Å². The third-order valence-corrected chi connectivity index (χ3v) is 3.05. The van der Waals surface area contributed by atoms with E-state index in [1.807, 2.05) is 30.3 Å². The first-order valence-electron chi connectivity index (χ1n) is 6.25. The minimum absolute atomic E-state index is 0.144. The highest BCUT2D eigenvalue weighted by Gasteiger charge is 2.02. The molecule has 2 aromatic rings. The van der Waals surface area contributed by atoms with Gasteiger partial charge in [-0.1, -0.05) is 48.6 Å². The largest absolute Gasteiger partial charge is 0.205 e. The van der Waals surface area contributed by atoms with Gasteiger partial charge in [-0.15, -0.1) is 0 Å². The second-order valence-corrected chi connectivity index (χ2v) is 4.67. The molecule has 2 aromatic carbocycles. The summed E-state index contributed by atoms with van der Waals surface area (Å²) in [5.74, 6) is 5.80. The predicted molar refractivity (Wildman–Crippen MR) is 78.6 cm³/mol. The van der Waals surface area contributed by atoms with Crippen LogP contribution in [0.2, 0.25) is 5.02 Å². The highest BCUT2D eigenvalue weighted by molar-refractivity contribution is 6.30. The maximum absolute atomic E-state index is 13.4. The van der Waals surface area contributed by atoms with Gasteiger partial charge >= 0.3 is 0 Å². The van der Waals surface area contributed by atoms with E-state index in [9.17, 15) is 4.39 Å². The summed E-state index contributed by atoms with van der Waals surface area (Å²) in [6, 6.07) is 12.6. The number of unbranched alkanes of at least 4 members (excludes halogenated alkanes) is 1. The molecule has 0 fully saturated rings. The molecule has 0 nitrogen and oxygen atoms in total. The zero-order valence-electron chi connectivity index (χ0n) is 10.7. The molecule has 0 unspecified atom stereocenters. The molecule has 0 saturated heterocycles. The third kappa shape index (κ3) is 3.59. The molecule has 2 rings (SSSR count). The summed E-state index contributed by atoms with van der Waals surface area (Å²) in [6.45, 7) is 2.10. The van der Waals surface area contributed by atoms with Gasteiger partial charge in [0.1, 0.15) is 5.82 Å². The van der Waals surface area contributed by atoms with Gasteiger partial charge in [0.2, 0.25) is 0 Å². The van der Waals surface area contributed by atoms with Crippen LogP contribution < -0.4 is 0 Å². The monoisotopic (exact) mass is 272 g/mol. The molecule has 0 atom stereocenters. The van der Waals surface area contributed by atoms with Crippen molar-refractivity contribution in [3.63, 3.8) is 0 Å². The molecule has 19 heavy (non-hydrogen) atoms. The van der Waals surface area contributed by atoms with Crippen molar-refractivity contribution in [2.75, 3.05) is 0 Å². The fourth-order valence-electron chi connectivity index (χ4n) is 1.71. The van der Waals surface area contributed by atoms with Crippen LogP contribution in [0.25, 0.3) is 11.1 Å². The second kappa shape index (κ2) is 6.41. The van der Waals surface area contributed by atoms with Crippen LogP contribution in [-0.4, -0.2) is 0 Å². The lowest BCUT2D eigenvalue weighted by Crippen LogP contribution is -1.82. The molecular formula is C17H14ClF. The van der Waals surface area contributed by atoms with Crippen molar-refractivity contribution in [2.24, 2.45) is 0 Å². The summed E-state index contributed by atoms with van der Waals surface area (Å²) in [5.41, 5.74) is 2.75. The fourth-order valence-corrected chi connectivity index (χ4v) is 1.83. The van der Waals surface area contributed by atoms with Gasteiger partial charge in [-0.2, -0.15) is 0 Å². The maximum atomic E-state index is 13.4. The smallest absolute Gasteiger partial charge is 0.142 e. The van der Waals surface area contributed by atoms with E-state index in [1.165, 1.54) is 6.07 Å². The number of benzene rings is 2. The van der Waals surface area contributed by atoms with Gasteiger partial charge < -0.3 is 0 Å². The molecular weight excluding hydrogens is 259 g/mol. The molecule has 0 aliphatic carbocycles. The first-order chi connectivity index (χ1) is 9.20. The maximum Gasteiger partial charge on any atom is 0.142 e. The number of hydrogen-bond acceptors (Lipinski definition) is 0. The number of halogens is 2. The molecule has 0 heterocycles. The molecule has 0 aliphatic heterocycles. The van der Waals surface area contributed by atoms with Gasteiger partial charge in [0, 0.05) is 12.0 Å². The van der Waals surface area contributed by atoms with Crippen molar-refractivity contribution < 1.29 is 4.39 Å². The lowest BCUT2D eigenvalue weighted by atomic mass is 10.0. The highest BCUT2D eigenvalue weighted by Crippen LogP contribution is 2.24. The molecule has 0 radical (unpaired) electrons. The molecule has 0 amide bonds. The Morgan fingerprint density at radius 2 is 1.74 bits per heavy atom. The SMILES string of the molecule is CCCC#Cc1ccc(-c2ccc(Cl)c(F)c2)cc1. The average molecular weight is 273 g/mol. The summed E-state index contributed by atoms with van der Waals surface area (Å²) < 4.78 is 13.4. The quantitative estimate of drug-likeness (QED) is 0.651. The van der Waals surface area contributed by atoms with E-state index in [0.29, 0.717) is 0 Å². The van der Waals surface area contributed by atoms with Gasteiger partial charge in [0.25, 0.3) is 0 Å². The van der Waals surface area contributed by atoms with Crippen molar-refractivity contribution >= 4 is 11.6 Å². The van der Waals surface area contributed by atoms with Crippen LogP contribution >= 0.6 is 11.6 Å². The van der Waals surface area contributed by atoms with E-state index in [2.05, 4.69) is 18.8 Å². The Morgan fingerprint density at radius 1 is 1.05 bits per heavy atom. The van der Waals surface area contributed by atoms with Crippen molar-refractivity contribution in [1.82, 2.24) is 0 Å². The van der Waals surface area contributed by atoms with Gasteiger partial charge in [-0.25, -0.2) is 4.39 Å². The predicted octanol–water partition coefficient (Wildman–Crippen LogP) is 5.30. The van der Waals surface area contributed by atoms with Crippen LogP contribution in [-0.2, 0) is 0 Å². The van der Waals surface area contributed by atoms with Crippen LogP contribution in [0.3, 0.4) is 0 Å². The molecule has 2 heteroatoms. The topological polar surface area (TPSA) is 0 Å². The second-order valence-electron chi connectivity index (χ2n) is 4.26. The van der Waals surface area contributed by atoms with E-state index in [-0.39, 0.29) is 5.02 Å². The Balaban J connectivity index is 2.23. The van der Waals surface area contributed by atoms with E-state index in [0.717, 1.165) is 29.5 Å². The summed E-state index contributed by atoms with van der Waals surface area (Å²) in [6.07, 6.45) is 1.97. The van der Waals surface area contributed by atoms with Crippen molar-refractivity contribution in [1.29, 1.82) is 0 Å². The molecule has 0 spiro atoms. The first-order valence-corrected chi connectivity index (χ1v) is 6.63. The Morgan fingerprint density at radius 3 is 2.37 bits per heavy atom. The van der Waals surface area contributed by atoms with Crippen LogP contribution in [0.5, 0.6) is 0 Å².